The van der Waals surface area contributed by atoms with Crippen molar-refractivity contribution >= 4 is 16.0 Å². The van der Waals surface area contributed by atoms with Crippen LogP contribution >= 0.6 is 0 Å². The van der Waals surface area contributed by atoms with Gasteiger partial charge in [0.2, 0.25) is 16.0 Å². The number of ether oxygens (including phenoxy) is 1. The summed E-state index contributed by atoms with van der Waals surface area (Å²) < 4.78 is 28.9. The highest BCUT2D eigenvalue weighted by molar-refractivity contribution is 7.88. The van der Waals surface area contributed by atoms with Gasteiger partial charge in [-0.1, -0.05) is 0 Å². The van der Waals surface area contributed by atoms with Crippen molar-refractivity contribution < 1.29 is 13.2 Å². The summed E-state index contributed by atoms with van der Waals surface area (Å²) in [6.45, 7) is 2.23. The molecule has 0 radical (unpaired) electrons. The van der Waals surface area contributed by atoms with Gasteiger partial charge in [0.25, 0.3) is 0 Å². The van der Waals surface area contributed by atoms with E-state index in [0.717, 1.165) is 12.7 Å². The summed E-state index contributed by atoms with van der Waals surface area (Å²) in [6.07, 6.45) is 2.59. The van der Waals surface area contributed by atoms with E-state index in [2.05, 4.69) is 20.5 Å². The quantitative estimate of drug-likeness (QED) is 0.132. The Balaban J connectivity index is 3.67. The smallest absolute Gasteiger partial charge is 0.208 e. The molecule has 0 bridgehead atoms. The standard InChI is InChI=1S/C9H23N5O3S/c1-17-8-4-6-12-9(14-10)11-5-3-7-13-18(2,15)16/h13H,3-8,10H2,1-2H3,(H2,11,12,14). The lowest BCUT2D eigenvalue weighted by Crippen LogP contribution is -2.42. The second kappa shape index (κ2) is 10.1. The first-order valence-electron chi connectivity index (χ1n) is 5.68. The number of nitrogens with zero attached hydrogens (tertiary/aromatic N) is 1. The number of rotatable bonds is 9. The molecule has 0 aromatic heterocycles. The van der Waals surface area contributed by atoms with Gasteiger partial charge in [-0.25, -0.2) is 19.0 Å². The molecular formula is C9H23N5O3S. The van der Waals surface area contributed by atoms with E-state index < -0.39 is 10.0 Å². The SMILES string of the molecule is COCCCN=C(NN)NCCCNS(C)(=O)=O. The van der Waals surface area contributed by atoms with Gasteiger partial charge in [0.1, 0.15) is 0 Å². The maximum atomic E-state index is 10.8. The third-order valence-electron chi connectivity index (χ3n) is 1.92. The Bertz CT molecular complexity index is 331. The van der Waals surface area contributed by atoms with Gasteiger partial charge in [-0.15, -0.1) is 0 Å². The minimum Gasteiger partial charge on any atom is -0.385 e. The van der Waals surface area contributed by atoms with E-state index in [4.69, 9.17) is 10.6 Å². The molecule has 0 rings (SSSR count). The predicted octanol–water partition coefficient (Wildman–Crippen LogP) is -1.63. The van der Waals surface area contributed by atoms with Gasteiger partial charge in [-0.3, -0.25) is 10.4 Å². The molecule has 9 heteroatoms. The van der Waals surface area contributed by atoms with Crippen molar-refractivity contribution in [2.45, 2.75) is 12.8 Å². The molecule has 0 atom stereocenters. The van der Waals surface area contributed by atoms with Crippen LogP contribution in [0, 0.1) is 0 Å². The van der Waals surface area contributed by atoms with Crippen molar-refractivity contribution in [2.75, 3.05) is 39.6 Å². The molecule has 0 amide bonds. The van der Waals surface area contributed by atoms with Crippen molar-refractivity contribution in [1.29, 1.82) is 0 Å². The summed E-state index contributed by atoms with van der Waals surface area (Å²) in [5, 5.41) is 2.97. The number of hydrazine groups is 1. The number of methoxy groups -OCH3 is 1. The zero-order valence-electron chi connectivity index (χ0n) is 10.9. The summed E-state index contributed by atoms with van der Waals surface area (Å²) >= 11 is 0. The molecule has 0 aromatic carbocycles. The molecule has 0 fully saturated rings. The number of sulfonamides is 1. The van der Waals surface area contributed by atoms with E-state index in [1.807, 2.05) is 0 Å². The molecule has 0 aliphatic rings. The maximum absolute atomic E-state index is 10.8. The van der Waals surface area contributed by atoms with E-state index in [1.165, 1.54) is 0 Å². The number of nitrogens with one attached hydrogen (secondary N) is 3. The van der Waals surface area contributed by atoms with Crippen molar-refractivity contribution in [3.8, 4) is 0 Å². The van der Waals surface area contributed by atoms with E-state index >= 15 is 0 Å². The average Bonchev–Trinajstić information content (AvgIpc) is 2.30. The minimum atomic E-state index is -3.11. The van der Waals surface area contributed by atoms with Crippen LogP contribution in [0.1, 0.15) is 12.8 Å². The minimum absolute atomic E-state index is 0.382. The molecule has 8 nitrogen and oxygen atoms in total. The highest BCUT2D eigenvalue weighted by Gasteiger charge is 1.99. The molecule has 0 saturated carbocycles. The molecule has 0 spiro atoms. The van der Waals surface area contributed by atoms with Crippen molar-refractivity contribution in [3.05, 3.63) is 0 Å². The Kier molecular flexibility index (Phi) is 9.56. The zero-order chi connectivity index (χ0) is 13.9. The molecule has 0 aliphatic heterocycles. The molecule has 0 saturated heterocycles. The first-order chi connectivity index (χ1) is 8.49. The Hall–Kier alpha value is -0.900. The van der Waals surface area contributed by atoms with Gasteiger partial charge in [0.05, 0.1) is 6.26 Å². The molecule has 18 heavy (non-hydrogen) atoms. The van der Waals surface area contributed by atoms with Crippen LogP contribution < -0.4 is 21.3 Å². The molecule has 108 valence electrons. The van der Waals surface area contributed by atoms with Crippen LogP contribution in [-0.4, -0.2) is 54.0 Å². The van der Waals surface area contributed by atoms with Gasteiger partial charge >= 0.3 is 0 Å². The largest absolute Gasteiger partial charge is 0.385 e. The maximum Gasteiger partial charge on any atom is 0.208 e. The average molecular weight is 281 g/mol. The number of hydrogen-bond donors (Lipinski definition) is 4. The molecule has 0 aliphatic carbocycles. The van der Waals surface area contributed by atoms with Crippen LogP contribution in [0.3, 0.4) is 0 Å². The van der Waals surface area contributed by atoms with Crippen LogP contribution in [-0.2, 0) is 14.8 Å². The van der Waals surface area contributed by atoms with Crippen molar-refractivity contribution in [2.24, 2.45) is 10.8 Å². The Morgan fingerprint density at radius 3 is 2.61 bits per heavy atom. The number of nitrogens with two attached hydrogens (primary N) is 1. The Labute approximate surface area is 108 Å². The molecular weight excluding hydrogens is 258 g/mol. The third-order valence-corrected chi connectivity index (χ3v) is 2.65. The van der Waals surface area contributed by atoms with Crippen LogP contribution in [0.4, 0.5) is 0 Å². The summed E-state index contributed by atoms with van der Waals surface area (Å²) in [4.78, 5) is 4.18. The fraction of sp³-hybridized carbons (Fsp3) is 0.889. The molecule has 5 N–H and O–H groups in total. The molecule has 0 heterocycles. The van der Waals surface area contributed by atoms with E-state index in [-0.39, 0.29) is 0 Å². The predicted molar refractivity (Wildman–Crippen MR) is 71.6 cm³/mol. The Morgan fingerprint density at radius 1 is 1.33 bits per heavy atom. The van der Waals surface area contributed by atoms with E-state index in [1.54, 1.807) is 7.11 Å². The fourth-order valence-electron chi connectivity index (χ4n) is 1.11. The first-order valence-corrected chi connectivity index (χ1v) is 7.57. The van der Waals surface area contributed by atoms with Crippen molar-refractivity contribution in [3.63, 3.8) is 0 Å². The van der Waals surface area contributed by atoms with Gasteiger partial charge in [0.15, 0.2) is 0 Å². The number of guanidine groups is 1. The first kappa shape index (κ1) is 17.1. The van der Waals surface area contributed by atoms with Gasteiger partial charge < -0.3 is 10.1 Å². The third kappa shape index (κ3) is 11.6. The summed E-state index contributed by atoms with van der Waals surface area (Å²) in [5.74, 6) is 5.78. The monoisotopic (exact) mass is 281 g/mol. The lowest BCUT2D eigenvalue weighted by molar-refractivity contribution is 0.197. The second-order valence-corrected chi connectivity index (χ2v) is 5.50. The highest BCUT2D eigenvalue weighted by Crippen LogP contribution is 1.83. The lowest BCUT2D eigenvalue weighted by Gasteiger charge is -2.09. The normalized spacial score (nSPS) is 12.5. The summed E-state index contributed by atoms with van der Waals surface area (Å²) in [5.41, 5.74) is 2.45. The van der Waals surface area contributed by atoms with E-state index in [0.29, 0.717) is 38.6 Å². The van der Waals surface area contributed by atoms with Crippen molar-refractivity contribution in [1.82, 2.24) is 15.5 Å². The zero-order valence-corrected chi connectivity index (χ0v) is 11.7. The topological polar surface area (TPSA) is 118 Å². The van der Waals surface area contributed by atoms with Gasteiger partial charge in [-0.05, 0) is 12.8 Å². The van der Waals surface area contributed by atoms with Crippen LogP contribution in [0.25, 0.3) is 0 Å². The van der Waals surface area contributed by atoms with Gasteiger partial charge in [-0.2, -0.15) is 0 Å². The molecule has 0 unspecified atom stereocenters. The fourth-order valence-corrected chi connectivity index (χ4v) is 1.62. The summed E-state index contributed by atoms with van der Waals surface area (Å²) in [6, 6.07) is 0. The second-order valence-electron chi connectivity index (χ2n) is 3.67. The number of hydrogen-bond acceptors (Lipinski definition) is 5. The lowest BCUT2D eigenvalue weighted by atomic mass is 10.4. The van der Waals surface area contributed by atoms with Crippen LogP contribution in [0.2, 0.25) is 0 Å². The van der Waals surface area contributed by atoms with Gasteiger partial charge in [0, 0.05) is 33.4 Å². The Morgan fingerprint density at radius 2 is 2.06 bits per heavy atom. The van der Waals surface area contributed by atoms with Crippen LogP contribution in [0.15, 0.2) is 4.99 Å². The highest BCUT2D eigenvalue weighted by atomic mass is 32.2. The molecule has 0 aromatic rings. The summed E-state index contributed by atoms with van der Waals surface area (Å²) in [7, 11) is -1.48. The van der Waals surface area contributed by atoms with Crippen LogP contribution in [0.5, 0.6) is 0 Å². The van der Waals surface area contributed by atoms with E-state index in [9.17, 15) is 8.42 Å². The number of aliphatic imine (C=N–C) groups is 1.